The maximum Gasteiger partial charge on any atom is 0.202 e. The van der Waals surface area contributed by atoms with Crippen molar-refractivity contribution in [3.05, 3.63) is 58.9 Å². The van der Waals surface area contributed by atoms with Crippen molar-refractivity contribution >= 4 is 11.8 Å². The van der Waals surface area contributed by atoms with Crippen LogP contribution in [0, 0.1) is 30.3 Å². The van der Waals surface area contributed by atoms with Gasteiger partial charge in [0.25, 0.3) is 0 Å². The lowest BCUT2D eigenvalue weighted by atomic mass is 9.99. The minimum Gasteiger partial charge on any atom is -0.490 e. The minimum absolute atomic E-state index is 0.00637. The standard InChI is InChI=1S/C21H24F3NO2S/c1-14-17(22)21(28-2)19(24)18(23)20(14)26-12-16-8-10-25(11-9-16)27-13-15-6-4-3-5-7-15/h3-7,16H,8-13H2,1-2H3. The summed E-state index contributed by atoms with van der Waals surface area (Å²) in [6, 6.07) is 9.93. The van der Waals surface area contributed by atoms with Crippen LogP contribution in [-0.2, 0) is 11.4 Å². The van der Waals surface area contributed by atoms with E-state index in [2.05, 4.69) is 0 Å². The zero-order chi connectivity index (χ0) is 20.1. The van der Waals surface area contributed by atoms with Crippen LogP contribution in [0.3, 0.4) is 0 Å². The van der Waals surface area contributed by atoms with Crippen LogP contribution >= 0.6 is 11.8 Å². The number of rotatable bonds is 7. The second kappa shape index (κ2) is 9.67. The first-order chi connectivity index (χ1) is 13.5. The largest absolute Gasteiger partial charge is 0.490 e. The number of hydrogen-bond acceptors (Lipinski definition) is 4. The molecule has 28 heavy (non-hydrogen) atoms. The quantitative estimate of drug-likeness (QED) is 0.452. The predicted octanol–water partition coefficient (Wildman–Crippen LogP) is 5.36. The first kappa shape index (κ1) is 21.0. The molecule has 0 N–H and O–H groups in total. The van der Waals surface area contributed by atoms with E-state index in [0.29, 0.717) is 6.61 Å². The number of halogens is 3. The van der Waals surface area contributed by atoms with Gasteiger partial charge >= 0.3 is 0 Å². The van der Waals surface area contributed by atoms with E-state index in [0.717, 1.165) is 43.3 Å². The van der Waals surface area contributed by atoms with Crippen LogP contribution in [0.4, 0.5) is 13.2 Å². The fourth-order valence-electron chi connectivity index (χ4n) is 3.23. The normalized spacial score (nSPS) is 15.8. The van der Waals surface area contributed by atoms with E-state index < -0.39 is 17.5 Å². The molecule has 1 heterocycles. The number of piperidine rings is 1. The topological polar surface area (TPSA) is 21.7 Å². The van der Waals surface area contributed by atoms with E-state index in [4.69, 9.17) is 9.57 Å². The van der Waals surface area contributed by atoms with Gasteiger partial charge in [0, 0.05) is 18.7 Å². The molecule has 0 spiro atoms. The minimum atomic E-state index is -1.19. The molecule has 2 aromatic carbocycles. The van der Waals surface area contributed by atoms with Gasteiger partial charge in [0.1, 0.15) is 5.82 Å². The Hall–Kier alpha value is -1.70. The molecule has 1 saturated heterocycles. The molecular weight excluding hydrogens is 387 g/mol. The third-order valence-corrected chi connectivity index (χ3v) is 5.72. The third-order valence-electron chi connectivity index (χ3n) is 4.96. The molecule has 1 fully saturated rings. The molecule has 0 radical (unpaired) electrons. The van der Waals surface area contributed by atoms with Crippen molar-refractivity contribution < 1.29 is 22.7 Å². The van der Waals surface area contributed by atoms with Crippen LogP contribution in [-0.4, -0.2) is 31.0 Å². The van der Waals surface area contributed by atoms with Gasteiger partial charge in [-0.05, 0) is 37.5 Å². The molecule has 0 bridgehead atoms. The molecule has 0 unspecified atom stereocenters. The molecule has 0 aromatic heterocycles. The zero-order valence-corrected chi connectivity index (χ0v) is 16.8. The van der Waals surface area contributed by atoms with E-state index in [9.17, 15) is 13.2 Å². The number of hydroxylamine groups is 2. The number of thioether (sulfide) groups is 1. The average Bonchev–Trinajstić information content (AvgIpc) is 2.73. The fraction of sp³-hybridized carbons (Fsp3) is 0.429. The fourth-order valence-corrected chi connectivity index (χ4v) is 3.83. The number of benzene rings is 2. The predicted molar refractivity (Wildman–Crippen MR) is 104 cm³/mol. The van der Waals surface area contributed by atoms with E-state index in [1.54, 1.807) is 0 Å². The van der Waals surface area contributed by atoms with Crippen LogP contribution < -0.4 is 4.74 Å². The van der Waals surface area contributed by atoms with Gasteiger partial charge < -0.3 is 4.74 Å². The van der Waals surface area contributed by atoms with E-state index >= 15 is 0 Å². The van der Waals surface area contributed by atoms with Gasteiger partial charge in [0.05, 0.1) is 18.1 Å². The summed E-state index contributed by atoms with van der Waals surface area (Å²) >= 11 is 0.843. The smallest absolute Gasteiger partial charge is 0.202 e. The summed E-state index contributed by atoms with van der Waals surface area (Å²) in [5.74, 6) is -3.20. The molecule has 0 saturated carbocycles. The Bertz CT molecular complexity index is 767. The summed E-state index contributed by atoms with van der Waals surface area (Å²) in [7, 11) is 0. The molecule has 0 aliphatic carbocycles. The highest BCUT2D eigenvalue weighted by molar-refractivity contribution is 7.98. The first-order valence-electron chi connectivity index (χ1n) is 9.26. The van der Waals surface area contributed by atoms with Crippen molar-refractivity contribution in [3.63, 3.8) is 0 Å². The Labute approximate surface area is 167 Å². The van der Waals surface area contributed by atoms with Gasteiger partial charge in [-0.1, -0.05) is 30.3 Å². The zero-order valence-electron chi connectivity index (χ0n) is 16.0. The van der Waals surface area contributed by atoms with Crippen molar-refractivity contribution in [1.29, 1.82) is 0 Å². The van der Waals surface area contributed by atoms with E-state index in [1.807, 2.05) is 35.4 Å². The van der Waals surface area contributed by atoms with Gasteiger partial charge in [0.15, 0.2) is 11.6 Å². The lowest BCUT2D eigenvalue weighted by Gasteiger charge is -2.31. The van der Waals surface area contributed by atoms with Crippen LogP contribution in [0.5, 0.6) is 5.75 Å². The van der Waals surface area contributed by atoms with Crippen LogP contribution in [0.15, 0.2) is 35.2 Å². The van der Waals surface area contributed by atoms with Crippen LogP contribution in [0.25, 0.3) is 0 Å². The first-order valence-corrected chi connectivity index (χ1v) is 10.5. The molecule has 0 amide bonds. The van der Waals surface area contributed by atoms with Gasteiger partial charge in [0.2, 0.25) is 5.82 Å². The Morgan fingerprint density at radius 2 is 1.71 bits per heavy atom. The SMILES string of the molecule is CSc1c(F)c(C)c(OCC2CCN(OCc3ccccc3)CC2)c(F)c1F. The molecule has 1 aliphatic rings. The second-order valence-corrected chi connectivity index (χ2v) is 7.69. The van der Waals surface area contributed by atoms with Gasteiger partial charge in [-0.15, -0.1) is 11.8 Å². The van der Waals surface area contributed by atoms with Crippen molar-refractivity contribution in [3.8, 4) is 5.75 Å². The van der Waals surface area contributed by atoms with Crippen molar-refractivity contribution in [2.45, 2.75) is 31.3 Å². The molecule has 152 valence electrons. The number of ether oxygens (including phenoxy) is 1. The highest BCUT2D eigenvalue weighted by Gasteiger charge is 2.25. The average molecular weight is 411 g/mol. The van der Waals surface area contributed by atoms with Gasteiger partial charge in [-0.3, -0.25) is 4.84 Å². The molecule has 3 nitrogen and oxygen atoms in total. The summed E-state index contributed by atoms with van der Waals surface area (Å²) < 4.78 is 48.0. The molecule has 7 heteroatoms. The van der Waals surface area contributed by atoms with Gasteiger partial charge in [-0.2, -0.15) is 9.45 Å². The Morgan fingerprint density at radius 1 is 1.04 bits per heavy atom. The second-order valence-electron chi connectivity index (χ2n) is 6.87. The van der Waals surface area contributed by atoms with Crippen molar-refractivity contribution in [2.75, 3.05) is 26.0 Å². The molecule has 0 atom stereocenters. The maximum absolute atomic E-state index is 14.3. The van der Waals surface area contributed by atoms with Crippen LogP contribution in [0.2, 0.25) is 0 Å². The lowest BCUT2D eigenvalue weighted by Crippen LogP contribution is -2.35. The summed E-state index contributed by atoms with van der Waals surface area (Å²) in [6.07, 6.45) is 3.13. The molecule has 3 rings (SSSR count). The van der Waals surface area contributed by atoms with Crippen molar-refractivity contribution in [1.82, 2.24) is 5.06 Å². The van der Waals surface area contributed by atoms with Crippen LogP contribution in [0.1, 0.15) is 24.0 Å². The highest BCUT2D eigenvalue weighted by Crippen LogP contribution is 2.35. The molecular formula is C21H24F3NO2S. The summed E-state index contributed by atoms with van der Waals surface area (Å²) in [5.41, 5.74) is 1.11. The van der Waals surface area contributed by atoms with E-state index in [-0.39, 0.29) is 28.7 Å². The highest BCUT2D eigenvalue weighted by atomic mass is 32.2. The maximum atomic E-state index is 14.3. The van der Waals surface area contributed by atoms with Crippen molar-refractivity contribution in [2.24, 2.45) is 5.92 Å². The number of nitrogens with zero attached hydrogens (tertiary/aromatic N) is 1. The third kappa shape index (κ3) is 4.82. The Morgan fingerprint density at radius 3 is 2.36 bits per heavy atom. The van der Waals surface area contributed by atoms with Gasteiger partial charge in [-0.25, -0.2) is 8.78 Å². The lowest BCUT2D eigenvalue weighted by molar-refractivity contribution is -0.184. The summed E-state index contributed by atoms with van der Waals surface area (Å²) in [6.45, 7) is 3.62. The molecule has 2 aromatic rings. The monoisotopic (exact) mass is 411 g/mol. The van der Waals surface area contributed by atoms with E-state index in [1.165, 1.54) is 13.2 Å². The molecule has 1 aliphatic heterocycles. The number of hydrogen-bond donors (Lipinski definition) is 0. The Kier molecular flexibility index (Phi) is 7.26. The summed E-state index contributed by atoms with van der Waals surface area (Å²) in [5, 5.41) is 1.92. The summed E-state index contributed by atoms with van der Waals surface area (Å²) in [4.78, 5) is 5.49. The Balaban J connectivity index is 1.51.